The molecule has 14 heteroatoms. The number of aliphatic hydroxyl groups is 1. The maximum Gasteiger partial charge on any atom is 0.410 e. The number of nitrogens with zero attached hydrogens (tertiary/aromatic N) is 5. The van der Waals surface area contributed by atoms with Gasteiger partial charge in [0.15, 0.2) is 6.79 Å². The normalized spacial score (nSPS) is 19.2. The number of ether oxygens (including phenoxy) is 3. The number of amides is 3. The third-order valence-corrected chi connectivity index (χ3v) is 8.93. The number of nitrogens with one attached hydrogen (secondary N) is 2. The molecule has 2 fully saturated rings. The van der Waals surface area contributed by atoms with E-state index in [4.69, 9.17) is 19.2 Å². The van der Waals surface area contributed by atoms with Crippen molar-refractivity contribution in [1.82, 2.24) is 25.1 Å². The first-order valence-electron chi connectivity index (χ1n) is 16.6. The summed E-state index contributed by atoms with van der Waals surface area (Å²) in [6.07, 6.45) is 0.705. The van der Waals surface area contributed by atoms with Gasteiger partial charge in [-0.25, -0.2) is 9.78 Å². The molecule has 3 aliphatic heterocycles. The van der Waals surface area contributed by atoms with Gasteiger partial charge in [-0.2, -0.15) is 4.98 Å². The molecule has 2 aromatic rings. The van der Waals surface area contributed by atoms with Crippen LogP contribution >= 0.6 is 0 Å². The Morgan fingerprint density at radius 1 is 1.08 bits per heavy atom. The maximum atomic E-state index is 13.6. The monoisotopic (exact) mass is 667 g/mol. The van der Waals surface area contributed by atoms with Crippen LogP contribution in [0.1, 0.15) is 69.1 Å². The van der Waals surface area contributed by atoms with Gasteiger partial charge in [-0.05, 0) is 69.2 Å². The minimum absolute atomic E-state index is 0.0185. The van der Waals surface area contributed by atoms with Crippen molar-refractivity contribution < 1.29 is 33.7 Å². The summed E-state index contributed by atoms with van der Waals surface area (Å²) < 4.78 is 16.3. The second-order valence-corrected chi connectivity index (χ2v) is 14.0. The van der Waals surface area contributed by atoms with Crippen molar-refractivity contribution in [2.24, 2.45) is 5.92 Å². The van der Waals surface area contributed by atoms with E-state index in [2.05, 4.69) is 27.4 Å². The van der Waals surface area contributed by atoms with Gasteiger partial charge < -0.3 is 39.8 Å². The summed E-state index contributed by atoms with van der Waals surface area (Å²) in [5.41, 5.74) is 1.26. The minimum atomic E-state index is -1.10. The van der Waals surface area contributed by atoms with E-state index < -0.39 is 29.7 Å². The number of piperidine rings is 1. The molecule has 0 radical (unpaired) electrons. The van der Waals surface area contributed by atoms with Crippen molar-refractivity contribution in [2.75, 3.05) is 56.8 Å². The van der Waals surface area contributed by atoms with Gasteiger partial charge in [0.2, 0.25) is 11.9 Å². The number of hydrogen-bond acceptors (Lipinski definition) is 11. The number of likely N-dealkylation sites (tertiary alicyclic amines) is 1. The first-order chi connectivity index (χ1) is 22.8. The Bertz CT molecular complexity index is 1470. The van der Waals surface area contributed by atoms with Gasteiger partial charge in [-0.1, -0.05) is 13.0 Å². The molecular weight excluding hydrogens is 618 g/mol. The molecule has 1 aromatic carbocycles. The average molecular weight is 668 g/mol. The largest absolute Gasteiger partial charge is 0.468 e. The highest BCUT2D eigenvalue weighted by Crippen LogP contribution is 2.30. The maximum absolute atomic E-state index is 13.6. The summed E-state index contributed by atoms with van der Waals surface area (Å²) in [7, 11) is 1.54. The van der Waals surface area contributed by atoms with Crippen LogP contribution in [0.2, 0.25) is 0 Å². The highest BCUT2D eigenvalue weighted by molar-refractivity contribution is 5.93. The molecule has 2 atom stereocenters. The van der Waals surface area contributed by atoms with Crippen LogP contribution in [-0.2, 0) is 27.2 Å². The number of hydrogen-bond donors (Lipinski definition) is 3. The van der Waals surface area contributed by atoms with Crippen LogP contribution < -0.4 is 20.3 Å². The van der Waals surface area contributed by atoms with E-state index in [1.54, 1.807) is 45.8 Å². The predicted molar refractivity (Wildman–Crippen MR) is 179 cm³/mol. The summed E-state index contributed by atoms with van der Waals surface area (Å²) in [6.45, 7) is 12.0. The Hall–Kier alpha value is -4.17. The SMILES string of the molecule is COCOc1ccc2c(c1)CN(C(=O)OC(C)(C)C)[C@H]([C@H](O)CNC(=O)c1cc(NC3CN(C(C)=O)C3)nc(N3CCC(C)CC3)n1)C2. The standard InChI is InChI=1S/C34H49N7O7/c1-21-9-11-39(12-10-21)32-37-27(15-30(38-32)36-25-18-40(19-25)22(2)42)31(44)35-16-29(43)28-14-23-7-8-26(47-20-46-6)13-24(23)17-41(28)33(45)48-34(3,4)5/h7-8,13,15,21,25,28-29,43H,9-12,14,16-20H2,1-6H3,(H,35,44)(H,36,37,38)/t28-,29+/m0/s1. The van der Waals surface area contributed by atoms with Crippen molar-refractivity contribution in [1.29, 1.82) is 0 Å². The topological polar surface area (TPSA) is 159 Å². The lowest BCUT2D eigenvalue weighted by molar-refractivity contribution is -0.132. The lowest BCUT2D eigenvalue weighted by Crippen LogP contribution is -2.56. The fraction of sp³-hybridized carbons (Fsp3) is 0.618. The van der Waals surface area contributed by atoms with E-state index in [0.29, 0.717) is 42.9 Å². The van der Waals surface area contributed by atoms with E-state index in [9.17, 15) is 19.5 Å². The Balaban J connectivity index is 1.31. The lowest BCUT2D eigenvalue weighted by Gasteiger charge is -2.40. The van der Waals surface area contributed by atoms with Crippen molar-refractivity contribution >= 4 is 29.7 Å². The molecular formula is C34H49N7O7. The number of benzene rings is 1. The molecule has 3 N–H and O–H groups in total. The van der Waals surface area contributed by atoms with Crippen LogP contribution in [0.5, 0.6) is 5.75 Å². The van der Waals surface area contributed by atoms with Gasteiger partial charge in [0.1, 0.15) is 22.9 Å². The van der Waals surface area contributed by atoms with Gasteiger partial charge in [-0.3, -0.25) is 14.5 Å². The summed E-state index contributed by atoms with van der Waals surface area (Å²) in [5, 5.41) is 17.6. The first kappa shape index (κ1) is 35.1. The van der Waals surface area contributed by atoms with Crippen LogP contribution in [-0.4, -0.2) is 113 Å². The lowest BCUT2D eigenvalue weighted by atomic mass is 9.91. The summed E-state index contributed by atoms with van der Waals surface area (Å²) in [5.74, 6) is 1.74. The number of anilines is 2. The van der Waals surface area contributed by atoms with Gasteiger partial charge in [-0.15, -0.1) is 0 Å². The molecule has 4 heterocycles. The summed E-state index contributed by atoms with van der Waals surface area (Å²) in [6, 6.07) is 6.57. The van der Waals surface area contributed by atoms with Gasteiger partial charge in [0.05, 0.1) is 18.2 Å². The Morgan fingerprint density at radius 2 is 1.81 bits per heavy atom. The van der Waals surface area contributed by atoms with E-state index in [1.165, 1.54) is 4.90 Å². The Labute approximate surface area is 282 Å². The molecule has 0 saturated carbocycles. The fourth-order valence-electron chi connectivity index (χ4n) is 6.10. The molecule has 48 heavy (non-hydrogen) atoms. The summed E-state index contributed by atoms with van der Waals surface area (Å²) in [4.78, 5) is 53.3. The number of aliphatic hydroxyl groups excluding tert-OH is 1. The van der Waals surface area contributed by atoms with Crippen molar-refractivity contribution in [2.45, 2.75) is 84.2 Å². The average Bonchev–Trinajstić information content (AvgIpc) is 3.02. The molecule has 0 aliphatic carbocycles. The van der Waals surface area contributed by atoms with Crippen LogP contribution in [0.25, 0.3) is 0 Å². The summed E-state index contributed by atoms with van der Waals surface area (Å²) >= 11 is 0. The smallest absolute Gasteiger partial charge is 0.410 e. The number of carbonyl (C=O) groups excluding carboxylic acids is 3. The highest BCUT2D eigenvalue weighted by Gasteiger charge is 2.37. The van der Waals surface area contributed by atoms with Crippen molar-refractivity contribution in [3.05, 3.63) is 41.1 Å². The molecule has 3 amide bonds. The fourth-order valence-corrected chi connectivity index (χ4v) is 6.10. The number of methoxy groups -OCH3 is 1. The minimum Gasteiger partial charge on any atom is -0.468 e. The molecule has 0 bridgehead atoms. The quantitative estimate of drug-likeness (QED) is 0.320. The van der Waals surface area contributed by atoms with Gasteiger partial charge >= 0.3 is 6.09 Å². The van der Waals surface area contributed by atoms with Crippen LogP contribution in [0.15, 0.2) is 24.3 Å². The Morgan fingerprint density at radius 3 is 2.48 bits per heavy atom. The van der Waals surface area contributed by atoms with E-state index in [1.807, 2.05) is 18.2 Å². The molecule has 2 saturated heterocycles. The third kappa shape index (κ3) is 8.84. The molecule has 3 aliphatic rings. The molecule has 1 aromatic heterocycles. The Kier molecular flexibility index (Phi) is 10.9. The zero-order valence-electron chi connectivity index (χ0n) is 28.8. The van der Waals surface area contributed by atoms with Gasteiger partial charge in [0.25, 0.3) is 5.91 Å². The number of fused-ring (bicyclic) bond motifs is 1. The van der Waals surface area contributed by atoms with Crippen LogP contribution in [0.4, 0.5) is 16.6 Å². The second kappa shape index (κ2) is 14.9. The van der Waals surface area contributed by atoms with Crippen LogP contribution in [0.3, 0.4) is 0 Å². The first-order valence-corrected chi connectivity index (χ1v) is 16.6. The number of rotatable bonds is 10. The van der Waals surface area contributed by atoms with Crippen LogP contribution in [0, 0.1) is 5.92 Å². The molecule has 0 unspecified atom stereocenters. The molecule has 0 spiro atoms. The zero-order chi connectivity index (χ0) is 34.6. The van der Waals surface area contributed by atoms with E-state index >= 15 is 0 Å². The highest BCUT2D eigenvalue weighted by atomic mass is 16.7. The van der Waals surface area contributed by atoms with Crippen molar-refractivity contribution in [3.63, 3.8) is 0 Å². The van der Waals surface area contributed by atoms with E-state index in [0.717, 1.165) is 37.1 Å². The third-order valence-electron chi connectivity index (χ3n) is 8.93. The second-order valence-electron chi connectivity index (χ2n) is 14.0. The predicted octanol–water partition coefficient (Wildman–Crippen LogP) is 2.79. The molecule has 14 nitrogen and oxygen atoms in total. The number of carbonyl (C=O) groups is 3. The van der Waals surface area contributed by atoms with E-state index in [-0.39, 0.29) is 37.5 Å². The zero-order valence-corrected chi connectivity index (χ0v) is 28.8. The molecule has 5 rings (SSSR count). The van der Waals surface area contributed by atoms with Gasteiger partial charge in [0, 0.05) is 59.4 Å². The van der Waals surface area contributed by atoms with Crippen molar-refractivity contribution in [3.8, 4) is 5.75 Å². The number of aromatic nitrogens is 2. The molecule has 262 valence electrons.